The van der Waals surface area contributed by atoms with Crippen LogP contribution < -0.4 is 5.32 Å². The van der Waals surface area contributed by atoms with E-state index in [-0.39, 0.29) is 12.4 Å². The summed E-state index contributed by atoms with van der Waals surface area (Å²) in [5.41, 5.74) is 1.20. The summed E-state index contributed by atoms with van der Waals surface area (Å²) in [6.45, 7) is 3.03. The van der Waals surface area contributed by atoms with Crippen molar-refractivity contribution in [3.63, 3.8) is 0 Å². The topological polar surface area (TPSA) is 39.7 Å². The van der Waals surface area contributed by atoms with Crippen molar-refractivity contribution in [2.75, 3.05) is 26.8 Å². The summed E-state index contributed by atoms with van der Waals surface area (Å²) in [5.74, 6) is 0. The van der Waals surface area contributed by atoms with Crippen molar-refractivity contribution in [2.45, 2.75) is 38.3 Å². The largest absolute Gasteiger partial charge is 0.374 e. The van der Waals surface area contributed by atoms with Crippen LogP contribution in [-0.2, 0) is 20.8 Å². The SMILES string of the molecule is CNCCCOC1CCC(COCc2ccccc2)O1. The number of hydrogen-bond acceptors (Lipinski definition) is 4. The summed E-state index contributed by atoms with van der Waals surface area (Å²) in [4.78, 5) is 0. The fourth-order valence-corrected chi connectivity index (χ4v) is 2.26. The number of benzene rings is 1. The smallest absolute Gasteiger partial charge is 0.158 e. The number of nitrogens with one attached hydrogen (secondary N) is 1. The molecule has 2 rings (SSSR count). The second-order valence-electron chi connectivity index (χ2n) is 5.09. The molecule has 1 aromatic rings. The van der Waals surface area contributed by atoms with Gasteiger partial charge in [-0.15, -0.1) is 0 Å². The van der Waals surface area contributed by atoms with Crippen LogP contribution in [0.15, 0.2) is 30.3 Å². The maximum atomic E-state index is 5.81. The van der Waals surface area contributed by atoms with Gasteiger partial charge in [-0.25, -0.2) is 0 Å². The summed E-state index contributed by atoms with van der Waals surface area (Å²) < 4.78 is 17.2. The minimum absolute atomic E-state index is 0.0443. The Kier molecular flexibility index (Phi) is 7.01. The molecular formula is C16H25NO3. The van der Waals surface area contributed by atoms with Gasteiger partial charge >= 0.3 is 0 Å². The van der Waals surface area contributed by atoms with E-state index in [0.717, 1.165) is 32.4 Å². The van der Waals surface area contributed by atoms with Gasteiger partial charge in [-0.2, -0.15) is 0 Å². The molecule has 1 aliphatic heterocycles. The Morgan fingerprint density at radius 3 is 2.90 bits per heavy atom. The van der Waals surface area contributed by atoms with E-state index >= 15 is 0 Å². The predicted molar refractivity (Wildman–Crippen MR) is 78.5 cm³/mol. The lowest BCUT2D eigenvalue weighted by atomic mass is 10.2. The second kappa shape index (κ2) is 9.08. The third kappa shape index (κ3) is 5.59. The van der Waals surface area contributed by atoms with Gasteiger partial charge in [-0.05, 0) is 32.0 Å². The maximum absolute atomic E-state index is 5.81. The summed E-state index contributed by atoms with van der Waals surface area (Å²) in [6.07, 6.45) is 3.14. The van der Waals surface area contributed by atoms with Crippen LogP contribution in [-0.4, -0.2) is 39.2 Å². The monoisotopic (exact) mass is 279 g/mol. The van der Waals surface area contributed by atoms with E-state index in [0.29, 0.717) is 13.2 Å². The fourth-order valence-electron chi connectivity index (χ4n) is 2.26. The number of rotatable bonds is 9. The maximum Gasteiger partial charge on any atom is 0.158 e. The van der Waals surface area contributed by atoms with Crippen LogP contribution in [0.3, 0.4) is 0 Å². The van der Waals surface area contributed by atoms with Crippen LogP contribution in [0.2, 0.25) is 0 Å². The molecule has 0 radical (unpaired) electrons. The minimum Gasteiger partial charge on any atom is -0.374 e. The van der Waals surface area contributed by atoms with E-state index in [4.69, 9.17) is 14.2 Å². The Bertz CT molecular complexity index is 358. The highest BCUT2D eigenvalue weighted by molar-refractivity contribution is 5.13. The van der Waals surface area contributed by atoms with Gasteiger partial charge in [-0.3, -0.25) is 0 Å². The summed E-state index contributed by atoms with van der Waals surface area (Å²) in [7, 11) is 1.95. The van der Waals surface area contributed by atoms with Gasteiger partial charge in [0.05, 0.1) is 25.9 Å². The molecule has 0 aromatic heterocycles. The molecule has 2 unspecified atom stereocenters. The molecule has 0 aliphatic carbocycles. The zero-order valence-electron chi connectivity index (χ0n) is 12.2. The lowest BCUT2D eigenvalue weighted by molar-refractivity contribution is -0.145. The molecule has 1 fully saturated rings. The molecule has 0 spiro atoms. The van der Waals surface area contributed by atoms with Crippen molar-refractivity contribution in [2.24, 2.45) is 0 Å². The molecule has 1 saturated heterocycles. The number of ether oxygens (including phenoxy) is 3. The zero-order valence-corrected chi connectivity index (χ0v) is 12.2. The summed E-state index contributed by atoms with van der Waals surface area (Å²) >= 11 is 0. The van der Waals surface area contributed by atoms with E-state index in [1.807, 2.05) is 25.2 Å². The van der Waals surface area contributed by atoms with Gasteiger partial charge in [0.15, 0.2) is 6.29 Å². The Morgan fingerprint density at radius 1 is 1.25 bits per heavy atom. The van der Waals surface area contributed by atoms with E-state index in [1.165, 1.54) is 5.56 Å². The Morgan fingerprint density at radius 2 is 2.10 bits per heavy atom. The minimum atomic E-state index is -0.0443. The van der Waals surface area contributed by atoms with E-state index < -0.39 is 0 Å². The lowest BCUT2D eigenvalue weighted by Gasteiger charge is -2.14. The third-order valence-electron chi connectivity index (χ3n) is 3.36. The summed E-state index contributed by atoms with van der Waals surface area (Å²) in [6, 6.07) is 10.2. The van der Waals surface area contributed by atoms with Gasteiger partial charge < -0.3 is 19.5 Å². The van der Waals surface area contributed by atoms with Crippen LogP contribution in [0.25, 0.3) is 0 Å². The van der Waals surface area contributed by atoms with Crippen LogP contribution >= 0.6 is 0 Å². The fraction of sp³-hybridized carbons (Fsp3) is 0.625. The Labute approximate surface area is 121 Å². The molecule has 0 bridgehead atoms. The Hall–Kier alpha value is -0.940. The van der Waals surface area contributed by atoms with E-state index in [9.17, 15) is 0 Å². The molecule has 1 heterocycles. The first-order chi connectivity index (χ1) is 9.88. The van der Waals surface area contributed by atoms with Crippen molar-refractivity contribution >= 4 is 0 Å². The van der Waals surface area contributed by atoms with E-state index in [1.54, 1.807) is 0 Å². The van der Waals surface area contributed by atoms with Crippen molar-refractivity contribution in [1.82, 2.24) is 5.32 Å². The van der Waals surface area contributed by atoms with Gasteiger partial charge in [0.25, 0.3) is 0 Å². The predicted octanol–water partition coefficient (Wildman–Crippen LogP) is 2.33. The standard InChI is InChI=1S/C16H25NO3/c1-17-10-5-11-19-16-9-8-15(20-16)13-18-12-14-6-3-2-4-7-14/h2-4,6-7,15-17H,5,8-13H2,1H3. The Balaban J connectivity index is 1.54. The van der Waals surface area contributed by atoms with Crippen molar-refractivity contribution in [3.8, 4) is 0 Å². The molecule has 20 heavy (non-hydrogen) atoms. The van der Waals surface area contributed by atoms with Crippen molar-refractivity contribution in [3.05, 3.63) is 35.9 Å². The molecule has 0 amide bonds. The second-order valence-corrected chi connectivity index (χ2v) is 5.09. The molecule has 1 aromatic carbocycles. The molecule has 4 nitrogen and oxygen atoms in total. The van der Waals surface area contributed by atoms with Gasteiger partial charge in [0.1, 0.15) is 0 Å². The quantitative estimate of drug-likeness (QED) is 0.704. The van der Waals surface area contributed by atoms with Crippen LogP contribution in [0.1, 0.15) is 24.8 Å². The van der Waals surface area contributed by atoms with Crippen molar-refractivity contribution < 1.29 is 14.2 Å². The zero-order chi connectivity index (χ0) is 14.0. The van der Waals surface area contributed by atoms with Gasteiger partial charge in [0.2, 0.25) is 0 Å². The first-order valence-corrected chi connectivity index (χ1v) is 7.42. The van der Waals surface area contributed by atoms with Gasteiger partial charge in [0, 0.05) is 6.42 Å². The molecule has 4 heteroatoms. The molecular weight excluding hydrogens is 254 g/mol. The first-order valence-electron chi connectivity index (χ1n) is 7.42. The van der Waals surface area contributed by atoms with Crippen LogP contribution in [0.4, 0.5) is 0 Å². The average molecular weight is 279 g/mol. The third-order valence-corrected chi connectivity index (χ3v) is 3.36. The first kappa shape index (κ1) is 15.4. The highest BCUT2D eigenvalue weighted by atomic mass is 16.7. The molecule has 112 valence electrons. The normalized spacial score (nSPS) is 22.2. The molecule has 1 aliphatic rings. The van der Waals surface area contributed by atoms with Gasteiger partial charge in [-0.1, -0.05) is 30.3 Å². The summed E-state index contributed by atoms with van der Waals surface area (Å²) in [5, 5.41) is 3.10. The number of hydrogen-bond donors (Lipinski definition) is 1. The lowest BCUT2D eigenvalue weighted by Crippen LogP contribution is -2.20. The molecule has 2 atom stereocenters. The molecule has 0 saturated carbocycles. The van der Waals surface area contributed by atoms with Crippen LogP contribution in [0, 0.1) is 0 Å². The average Bonchev–Trinajstić information content (AvgIpc) is 2.93. The van der Waals surface area contributed by atoms with Crippen LogP contribution in [0.5, 0.6) is 0 Å². The van der Waals surface area contributed by atoms with Crippen molar-refractivity contribution in [1.29, 1.82) is 0 Å². The highest BCUT2D eigenvalue weighted by Crippen LogP contribution is 2.21. The highest BCUT2D eigenvalue weighted by Gasteiger charge is 2.25. The van der Waals surface area contributed by atoms with E-state index in [2.05, 4.69) is 17.4 Å². The molecule has 1 N–H and O–H groups in total.